The topological polar surface area (TPSA) is 3.24 Å². The van der Waals surface area contributed by atoms with Crippen LogP contribution in [0, 0.1) is 0 Å². The summed E-state index contributed by atoms with van der Waals surface area (Å²) in [7, 11) is 5.97. The molecule has 0 amide bonds. The van der Waals surface area contributed by atoms with Gasteiger partial charge in [-0.25, -0.2) is 0 Å². The number of fused-ring (bicyclic) bond motifs is 2. The highest BCUT2D eigenvalue weighted by atomic mass is 15.1. The highest BCUT2D eigenvalue weighted by molar-refractivity contribution is 6.32. The lowest BCUT2D eigenvalue weighted by molar-refractivity contribution is 1.31. The zero-order valence-electron chi connectivity index (χ0n) is 15.4. The molecule has 130 valence electrons. The molecule has 0 bridgehead atoms. The number of anilines is 3. The highest BCUT2D eigenvalue weighted by Gasteiger charge is 2.16. The fraction of sp³-hybridized carbons (Fsp3) is 0. The largest absolute Gasteiger partial charge is 0.309 e. The van der Waals surface area contributed by atoms with E-state index in [0.29, 0.717) is 0 Å². The number of benzene rings is 5. The van der Waals surface area contributed by atoms with Gasteiger partial charge in [0, 0.05) is 16.5 Å². The van der Waals surface area contributed by atoms with Crippen molar-refractivity contribution in [3.8, 4) is 0 Å². The van der Waals surface area contributed by atoms with Crippen molar-refractivity contribution < 1.29 is 0 Å². The van der Waals surface area contributed by atoms with Crippen molar-refractivity contribution in [3.05, 3.63) is 109 Å². The normalized spacial score (nSPS) is 11.0. The first-order chi connectivity index (χ1) is 13.8. The van der Waals surface area contributed by atoms with Crippen LogP contribution in [0.15, 0.2) is 109 Å². The van der Waals surface area contributed by atoms with Gasteiger partial charge in [-0.05, 0) is 35.0 Å². The first kappa shape index (κ1) is 16.6. The van der Waals surface area contributed by atoms with Gasteiger partial charge in [0.15, 0.2) is 0 Å². The molecule has 0 saturated carbocycles. The summed E-state index contributed by atoms with van der Waals surface area (Å²) < 4.78 is 0. The Labute approximate surface area is 166 Å². The van der Waals surface area contributed by atoms with Gasteiger partial charge >= 0.3 is 0 Å². The van der Waals surface area contributed by atoms with Crippen molar-refractivity contribution in [1.82, 2.24) is 0 Å². The highest BCUT2D eigenvalue weighted by Crippen LogP contribution is 2.41. The SMILES string of the molecule is [B]c1ccc(N(c2cccc3ccccc23)c2cccc3ccccc23)cc1. The van der Waals surface area contributed by atoms with E-state index in [2.05, 4.69) is 102 Å². The van der Waals surface area contributed by atoms with E-state index in [-0.39, 0.29) is 0 Å². The van der Waals surface area contributed by atoms with Gasteiger partial charge in [-0.1, -0.05) is 90.4 Å². The third-order valence-corrected chi connectivity index (χ3v) is 5.17. The van der Waals surface area contributed by atoms with Gasteiger partial charge in [0.05, 0.1) is 11.4 Å². The summed E-state index contributed by atoms with van der Waals surface area (Å²) in [6.45, 7) is 0. The predicted molar refractivity (Wildman–Crippen MR) is 122 cm³/mol. The summed E-state index contributed by atoms with van der Waals surface area (Å²) in [4.78, 5) is 2.32. The molecule has 0 aliphatic heterocycles. The molecule has 0 N–H and O–H groups in total. The zero-order valence-corrected chi connectivity index (χ0v) is 15.4. The fourth-order valence-corrected chi connectivity index (χ4v) is 3.84. The van der Waals surface area contributed by atoms with Crippen LogP contribution in [0.25, 0.3) is 21.5 Å². The third-order valence-electron chi connectivity index (χ3n) is 5.17. The molecule has 0 atom stereocenters. The second-order valence-corrected chi connectivity index (χ2v) is 6.92. The van der Waals surface area contributed by atoms with Crippen molar-refractivity contribution in [2.75, 3.05) is 4.90 Å². The Morgan fingerprint density at radius 3 is 1.46 bits per heavy atom. The Balaban J connectivity index is 1.84. The number of rotatable bonds is 3. The number of hydrogen-bond donors (Lipinski definition) is 0. The Bertz CT molecular complexity index is 1180. The standard InChI is InChI=1S/C26H18BN/c27-21-15-17-22(18-16-21)28(25-13-5-9-19-7-1-3-11-23(19)25)26-14-6-10-20-8-2-4-12-24(20)26/h1-18H. The van der Waals surface area contributed by atoms with Crippen molar-refractivity contribution in [1.29, 1.82) is 0 Å². The lowest BCUT2D eigenvalue weighted by Crippen LogP contribution is -2.12. The summed E-state index contributed by atoms with van der Waals surface area (Å²) in [6, 6.07) is 38.0. The molecular formula is C26H18BN. The Morgan fingerprint density at radius 2 is 0.929 bits per heavy atom. The summed E-state index contributed by atoms with van der Waals surface area (Å²) in [5, 5.41) is 4.88. The molecule has 0 unspecified atom stereocenters. The third kappa shape index (κ3) is 2.84. The molecule has 0 aromatic heterocycles. The van der Waals surface area contributed by atoms with Crippen LogP contribution in [-0.4, -0.2) is 7.85 Å². The van der Waals surface area contributed by atoms with Gasteiger partial charge in [0.25, 0.3) is 0 Å². The van der Waals surface area contributed by atoms with Crippen LogP contribution in [0.4, 0.5) is 17.1 Å². The van der Waals surface area contributed by atoms with E-state index < -0.39 is 0 Å². The molecule has 0 aliphatic rings. The second kappa shape index (κ2) is 6.90. The minimum Gasteiger partial charge on any atom is -0.309 e. The summed E-state index contributed by atoms with van der Waals surface area (Å²) >= 11 is 0. The Hall–Kier alpha value is -3.52. The maximum atomic E-state index is 5.97. The molecule has 5 aromatic rings. The lowest BCUT2D eigenvalue weighted by Gasteiger charge is -2.28. The average Bonchev–Trinajstić information content (AvgIpc) is 2.75. The fourth-order valence-electron chi connectivity index (χ4n) is 3.84. The van der Waals surface area contributed by atoms with Gasteiger partial charge in [0.1, 0.15) is 7.85 Å². The molecular weight excluding hydrogens is 337 g/mol. The number of hydrogen-bond acceptors (Lipinski definition) is 1. The molecule has 2 heteroatoms. The van der Waals surface area contributed by atoms with Gasteiger partial charge in [-0.2, -0.15) is 0 Å². The van der Waals surface area contributed by atoms with Crippen molar-refractivity contribution in [3.63, 3.8) is 0 Å². The molecule has 0 fully saturated rings. The average molecular weight is 355 g/mol. The van der Waals surface area contributed by atoms with Crippen LogP contribution in [0.1, 0.15) is 0 Å². The maximum Gasteiger partial charge on any atom is 0.113 e. The van der Waals surface area contributed by atoms with Gasteiger partial charge < -0.3 is 4.90 Å². The van der Waals surface area contributed by atoms with E-state index in [0.717, 1.165) is 22.5 Å². The molecule has 0 saturated heterocycles. The van der Waals surface area contributed by atoms with Crippen molar-refractivity contribution >= 4 is 51.9 Å². The first-order valence-electron chi connectivity index (χ1n) is 9.42. The Morgan fingerprint density at radius 1 is 0.464 bits per heavy atom. The smallest absolute Gasteiger partial charge is 0.113 e. The predicted octanol–water partition coefficient (Wildman–Crippen LogP) is 6.26. The van der Waals surface area contributed by atoms with E-state index in [4.69, 9.17) is 7.85 Å². The molecule has 5 rings (SSSR count). The lowest BCUT2D eigenvalue weighted by atomic mass is 9.96. The van der Waals surface area contributed by atoms with Crippen molar-refractivity contribution in [2.45, 2.75) is 0 Å². The monoisotopic (exact) mass is 355 g/mol. The van der Waals surface area contributed by atoms with Crippen molar-refractivity contribution in [2.24, 2.45) is 0 Å². The summed E-state index contributed by atoms with van der Waals surface area (Å²) in [5.41, 5.74) is 4.15. The van der Waals surface area contributed by atoms with E-state index in [1.807, 2.05) is 12.1 Å². The van der Waals surface area contributed by atoms with Gasteiger partial charge in [0.2, 0.25) is 0 Å². The molecule has 5 aromatic carbocycles. The van der Waals surface area contributed by atoms with E-state index in [1.165, 1.54) is 21.5 Å². The van der Waals surface area contributed by atoms with Crippen LogP contribution in [-0.2, 0) is 0 Å². The van der Waals surface area contributed by atoms with E-state index >= 15 is 0 Å². The zero-order chi connectivity index (χ0) is 18.9. The van der Waals surface area contributed by atoms with Crippen LogP contribution >= 0.6 is 0 Å². The Kier molecular flexibility index (Phi) is 4.10. The minimum absolute atomic E-state index is 0.763. The second-order valence-electron chi connectivity index (χ2n) is 6.92. The van der Waals surface area contributed by atoms with Crippen LogP contribution in [0.3, 0.4) is 0 Å². The first-order valence-corrected chi connectivity index (χ1v) is 9.42. The maximum absolute atomic E-state index is 5.97. The molecule has 0 spiro atoms. The van der Waals surface area contributed by atoms with E-state index in [1.54, 1.807) is 0 Å². The molecule has 0 heterocycles. The molecule has 1 nitrogen and oxygen atoms in total. The molecule has 0 aliphatic carbocycles. The quantitative estimate of drug-likeness (QED) is 0.346. The molecule has 2 radical (unpaired) electrons. The summed E-state index contributed by atoms with van der Waals surface area (Å²) in [6.07, 6.45) is 0. The van der Waals surface area contributed by atoms with Gasteiger partial charge in [-0.15, -0.1) is 0 Å². The molecule has 28 heavy (non-hydrogen) atoms. The van der Waals surface area contributed by atoms with Crippen LogP contribution in [0.5, 0.6) is 0 Å². The van der Waals surface area contributed by atoms with Gasteiger partial charge in [-0.3, -0.25) is 0 Å². The summed E-state index contributed by atoms with van der Waals surface area (Å²) in [5.74, 6) is 0. The van der Waals surface area contributed by atoms with E-state index in [9.17, 15) is 0 Å². The minimum atomic E-state index is 0.763. The number of nitrogens with zero attached hydrogens (tertiary/aromatic N) is 1. The van der Waals surface area contributed by atoms with Crippen LogP contribution in [0.2, 0.25) is 0 Å². The van der Waals surface area contributed by atoms with Crippen LogP contribution < -0.4 is 10.4 Å².